The lowest BCUT2D eigenvalue weighted by molar-refractivity contribution is 0.397. The molecule has 1 aliphatic rings. The number of hydrogen-bond acceptors (Lipinski definition) is 3. The van der Waals surface area contributed by atoms with Gasteiger partial charge in [-0.15, -0.1) is 23.5 Å². The predicted molar refractivity (Wildman–Crippen MR) is 61.1 cm³/mol. The topological polar surface area (TPSA) is 3.24 Å². The van der Waals surface area contributed by atoms with E-state index in [0.717, 1.165) is 4.58 Å². The second-order valence-electron chi connectivity index (χ2n) is 3.47. The van der Waals surface area contributed by atoms with Crippen LogP contribution in [0.3, 0.4) is 0 Å². The molecule has 1 saturated heterocycles. The lowest BCUT2D eigenvalue weighted by atomic mass is 10.3. The van der Waals surface area contributed by atoms with E-state index in [1.165, 1.54) is 37.3 Å². The van der Waals surface area contributed by atoms with Gasteiger partial charge in [0.2, 0.25) is 0 Å². The molecular weight excluding hydrogens is 186 g/mol. The second-order valence-corrected chi connectivity index (χ2v) is 6.39. The smallest absolute Gasteiger partial charge is 0.0503 e. The first-order valence-electron chi connectivity index (χ1n) is 4.67. The van der Waals surface area contributed by atoms with Crippen LogP contribution in [-0.4, -0.2) is 41.6 Å². The van der Waals surface area contributed by atoms with Crippen molar-refractivity contribution in [1.29, 1.82) is 0 Å². The summed E-state index contributed by atoms with van der Waals surface area (Å²) in [5.41, 5.74) is 0. The monoisotopic (exact) mass is 205 g/mol. The van der Waals surface area contributed by atoms with Gasteiger partial charge in [0.15, 0.2) is 0 Å². The van der Waals surface area contributed by atoms with Crippen LogP contribution in [0.25, 0.3) is 0 Å². The van der Waals surface area contributed by atoms with E-state index in [9.17, 15) is 0 Å². The molecule has 72 valence electrons. The van der Waals surface area contributed by atoms with Crippen molar-refractivity contribution in [3.05, 3.63) is 0 Å². The van der Waals surface area contributed by atoms with Crippen molar-refractivity contribution in [2.24, 2.45) is 0 Å². The van der Waals surface area contributed by atoms with Crippen LogP contribution in [-0.2, 0) is 0 Å². The predicted octanol–water partition coefficient (Wildman–Crippen LogP) is 2.52. The van der Waals surface area contributed by atoms with Crippen molar-refractivity contribution in [3.63, 3.8) is 0 Å². The average molecular weight is 205 g/mol. The van der Waals surface area contributed by atoms with Gasteiger partial charge in [0.25, 0.3) is 0 Å². The summed E-state index contributed by atoms with van der Waals surface area (Å²) in [6.07, 6.45) is 4.17. The van der Waals surface area contributed by atoms with Gasteiger partial charge in [-0.3, -0.25) is 0 Å². The van der Waals surface area contributed by atoms with Crippen LogP contribution in [0, 0.1) is 0 Å². The van der Waals surface area contributed by atoms with E-state index >= 15 is 0 Å². The van der Waals surface area contributed by atoms with Gasteiger partial charge in [-0.2, -0.15) is 0 Å². The molecule has 0 N–H and O–H groups in total. The zero-order valence-corrected chi connectivity index (χ0v) is 9.72. The van der Waals surface area contributed by atoms with Crippen molar-refractivity contribution in [2.75, 3.05) is 32.1 Å². The third-order valence-electron chi connectivity index (χ3n) is 1.94. The maximum Gasteiger partial charge on any atom is 0.0503 e. The van der Waals surface area contributed by atoms with Gasteiger partial charge in [0.1, 0.15) is 0 Å². The Bertz CT molecular complexity index is 111. The third-order valence-corrected chi connectivity index (χ3v) is 5.02. The number of hydrogen-bond donors (Lipinski definition) is 0. The molecule has 0 aromatic heterocycles. The summed E-state index contributed by atoms with van der Waals surface area (Å²) in [6.45, 7) is 1.25. The fourth-order valence-corrected chi connectivity index (χ4v) is 4.24. The van der Waals surface area contributed by atoms with E-state index in [1.807, 2.05) is 0 Å². The molecule has 1 fully saturated rings. The Morgan fingerprint density at radius 2 is 1.92 bits per heavy atom. The van der Waals surface area contributed by atoms with Crippen LogP contribution in [0.5, 0.6) is 0 Å². The van der Waals surface area contributed by atoms with Gasteiger partial charge < -0.3 is 4.90 Å². The van der Waals surface area contributed by atoms with E-state index in [2.05, 4.69) is 42.5 Å². The zero-order valence-electron chi connectivity index (χ0n) is 8.08. The number of nitrogens with zero attached hydrogens (tertiary/aromatic N) is 1. The summed E-state index contributed by atoms with van der Waals surface area (Å²) in [4.78, 5) is 2.28. The zero-order chi connectivity index (χ0) is 8.81. The van der Waals surface area contributed by atoms with E-state index < -0.39 is 0 Å². The van der Waals surface area contributed by atoms with E-state index in [0.29, 0.717) is 0 Å². The molecular formula is C9H19NS2. The fourth-order valence-electron chi connectivity index (χ4n) is 1.28. The minimum atomic E-state index is 0.902. The highest BCUT2D eigenvalue weighted by atomic mass is 32.2. The van der Waals surface area contributed by atoms with Crippen LogP contribution in [0.2, 0.25) is 0 Å². The highest BCUT2D eigenvalue weighted by molar-refractivity contribution is 8.17. The average Bonchev–Trinajstić information content (AvgIpc) is 2.05. The summed E-state index contributed by atoms with van der Waals surface area (Å²) in [6, 6.07) is 0. The maximum atomic E-state index is 2.28. The Morgan fingerprint density at radius 3 is 2.50 bits per heavy atom. The van der Waals surface area contributed by atoms with Crippen LogP contribution < -0.4 is 0 Å². The number of thioether (sulfide) groups is 2. The first-order chi connectivity index (χ1) is 5.79. The Balaban J connectivity index is 1.98. The molecule has 0 aliphatic carbocycles. The molecule has 1 aliphatic heterocycles. The Kier molecular flexibility index (Phi) is 5.52. The molecule has 1 nitrogen and oxygen atoms in total. The molecule has 0 amide bonds. The SMILES string of the molecule is CN(C)CCCC1SCCCS1. The minimum absolute atomic E-state index is 0.902. The highest BCUT2D eigenvalue weighted by Crippen LogP contribution is 2.33. The van der Waals surface area contributed by atoms with Gasteiger partial charge in [-0.05, 0) is 51.4 Å². The molecule has 0 aromatic rings. The van der Waals surface area contributed by atoms with Crippen molar-refractivity contribution in [1.82, 2.24) is 4.90 Å². The molecule has 1 heterocycles. The molecule has 3 heteroatoms. The van der Waals surface area contributed by atoms with Gasteiger partial charge in [-0.1, -0.05) is 0 Å². The maximum absolute atomic E-state index is 2.28. The largest absolute Gasteiger partial charge is 0.309 e. The van der Waals surface area contributed by atoms with Gasteiger partial charge in [-0.25, -0.2) is 0 Å². The summed E-state index contributed by atoms with van der Waals surface area (Å²) >= 11 is 4.32. The number of rotatable bonds is 4. The van der Waals surface area contributed by atoms with Crippen molar-refractivity contribution in [2.45, 2.75) is 23.8 Å². The fraction of sp³-hybridized carbons (Fsp3) is 1.00. The molecule has 12 heavy (non-hydrogen) atoms. The van der Waals surface area contributed by atoms with Gasteiger partial charge in [0.05, 0.1) is 4.58 Å². The van der Waals surface area contributed by atoms with Crippen LogP contribution >= 0.6 is 23.5 Å². The van der Waals surface area contributed by atoms with E-state index in [4.69, 9.17) is 0 Å². The Morgan fingerprint density at radius 1 is 1.25 bits per heavy atom. The highest BCUT2D eigenvalue weighted by Gasteiger charge is 2.13. The van der Waals surface area contributed by atoms with E-state index in [1.54, 1.807) is 0 Å². The molecule has 0 atom stereocenters. The lowest BCUT2D eigenvalue weighted by Gasteiger charge is -2.21. The Labute approximate surface area is 84.7 Å². The van der Waals surface area contributed by atoms with Crippen LogP contribution in [0.1, 0.15) is 19.3 Å². The van der Waals surface area contributed by atoms with Crippen molar-refractivity contribution >= 4 is 23.5 Å². The standard InChI is InChI=1S/C9H19NS2/c1-10(2)6-3-5-9-11-7-4-8-12-9/h9H,3-8H2,1-2H3. The summed E-state index contributed by atoms with van der Waals surface area (Å²) in [5.74, 6) is 2.78. The molecule has 0 saturated carbocycles. The minimum Gasteiger partial charge on any atom is -0.309 e. The Hall–Kier alpha value is 0.660. The summed E-state index contributed by atoms with van der Waals surface area (Å²) < 4.78 is 0.902. The molecule has 0 spiro atoms. The first kappa shape index (κ1) is 10.7. The summed E-state index contributed by atoms with van der Waals surface area (Å²) in [7, 11) is 4.31. The lowest BCUT2D eigenvalue weighted by Crippen LogP contribution is -2.15. The molecule has 0 unspecified atom stereocenters. The summed E-state index contributed by atoms with van der Waals surface area (Å²) in [5, 5.41) is 0. The first-order valence-corrected chi connectivity index (χ1v) is 6.77. The van der Waals surface area contributed by atoms with Crippen molar-refractivity contribution < 1.29 is 0 Å². The second kappa shape index (κ2) is 6.17. The third kappa shape index (κ3) is 4.63. The van der Waals surface area contributed by atoms with Crippen molar-refractivity contribution in [3.8, 4) is 0 Å². The van der Waals surface area contributed by atoms with E-state index in [-0.39, 0.29) is 0 Å². The molecule has 0 radical (unpaired) electrons. The van der Waals surface area contributed by atoms with Crippen LogP contribution in [0.4, 0.5) is 0 Å². The van der Waals surface area contributed by atoms with Gasteiger partial charge in [0, 0.05) is 0 Å². The van der Waals surface area contributed by atoms with Crippen LogP contribution in [0.15, 0.2) is 0 Å². The molecule has 1 rings (SSSR count). The molecule has 0 aromatic carbocycles. The van der Waals surface area contributed by atoms with Gasteiger partial charge >= 0.3 is 0 Å². The quantitative estimate of drug-likeness (QED) is 0.694. The molecule has 0 bridgehead atoms. The normalized spacial score (nSPS) is 20.2.